The molecule has 5 nitrogen and oxygen atoms in total. The number of ether oxygens (including phenoxy) is 2. The van der Waals surface area contributed by atoms with Gasteiger partial charge in [-0.1, -0.05) is 0 Å². The lowest BCUT2D eigenvalue weighted by molar-refractivity contribution is -0.132. The molecule has 5 heteroatoms. The van der Waals surface area contributed by atoms with Crippen molar-refractivity contribution < 1.29 is 19.1 Å². The first-order chi connectivity index (χ1) is 9.43. The van der Waals surface area contributed by atoms with E-state index in [0.717, 1.165) is 17.5 Å². The van der Waals surface area contributed by atoms with Crippen LogP contribution in [0.4, 0.5) is 0 Å². The molecule has 1 amide bonds. The van der Waals surface area contributed by atoms with Crippen molar-refractivity contribution in [1.29, 1.82) is 0 Å². The minimum Gasteiger partial charge on any atom is -0.493 e. The fraction of sp³-hybridized carbons (Fsp3) is 0.467. The number of amides is 1. The molecule has 1 aromatic carbocycles. The second kappa shape index (κ2) is 5.53. The number of hydrogen-bond donors (Lipinski definition) is 0. The van der Waals surface area contributed by atoms with Crippen LogP contribution in [0, 0.1) is 0 Å². The van der Waals surface area contributed by atoms with Crippen molar-refractivity contribution in [1.82, 2.24) is 4.90 Å². The van der Waals surface area contributed by atoms with Crippen LogP contribution in [0.3, 0.4) is 0 Å². The molecule has 1 unspecified atom stereocenters. The summed E-state index contributed by atoms with van der Waals surface area (Å²) in [6.45, 7) is 5.60. The van der Waals surface area contributed by atoms with Gasteiger partial charge >= 0.3 is 5.97 Å². The maximum atomic E-state index is 11.6. The average Bonchev–Trinajstić information content (AvgIpc) is 2.37. The number of rotatable bonds is 2. The van der Waals surface area contributed by atoms with E-state index in [1.165, 1.54) is 14.0 Å². The topological polar surface area (TPSA) is 55.8 Å². The van der Waals surface area contributed by atoms with Crippen LogP contribution < -0.4 is 9.47 Å². The Morgan fingerprint density at radius 2 is 1.95 bits per heavy atom. The van der Waals surface area contributed by atoms with Crippen LogP contribution in [0.15, 0.2) is 12.1 Å². The molecule has 20 heavy (non-hydrogen) atoms. The van der Waals surface area contributed by atoms with Gasteiger partial charge in [0.2, 0.25) is 5.91 Å². The fourth-order valence-corrected chi connectivity index (χ4v) is 2.65. The van der Waals surface area contributed by atoms with Crippen molar-refractivity contribution >= 4 is 11.9 Å². The summed E-state index contributed by atoms with van der Waals surface area (Å²) >= 11 is 0. The zero-order valence-corrected chi connectivity index (χ0v) is 12.2. The molecule has 1 atom stereocenters. The summed E-state index contributed by atoms with van der Waals surface area (Å²) in [5, 5.41) is 0. The van der Waals surface area contributed by atoms with Gasteiger partial charge in [-0.25, -0.2) is 0 Å². The van der Waals surface area contributed by atoms with Gasteiger partial charge in [0, 0.05) is 20.4 Å². The highest BCUT2D eigenvalue weighted by Crippen LogP contribution is 2.38. The average molecular weight is 277 g/mol. The summed E-state index contributed by atoms with van der Waals surface area (Å²) in [6.07, 6.45) is 0.748. The van der Waals surface area contributed by atoms with Crippen LogP contribution in [-0.4, -0.2) is 30.4 Å². The van der Waals surface area contributed by atoms with Crippen LogP contribution >= 0.6 is 0 Å². The largest absolute Gasteiger partial charge is 0.493 e. The molecule has 0 aliphatic carbocycles. The van der Waals surface area contributed by atoms with Gasteiger partial charge in [0.05, 0.1) is 13.2 Å². The molecule has 1 aliphatic heterocycles. The molecule has 2 rings (SSSR count). The van der Waals surface area contributed by atoms with Gasteiger partial charge in [-0.05, 0) is 36.6 Å². The lowest BCUT2D eigenvalue weighted by atomic mass is 9.93. The molecule has 108 valence electrons. The van der Waals surface area contributed by atoms with E-state index in [1.54, 1.807) is 6.92 Å². The monoisotopic (exact) mass is 277 g/mol. The Morgan fingerprint density at radius 3 is 2.50 bits per heavy atom. The van der Waals surface area contributed by atoms with Crippen molar-refractivity contribution in [3.05, 3.63) is 23.3 Å². The van der Waals surface area contributed by atoms with Gasteiger partial charge < -0.3 is 14.4 Å². The first-order valence-corrected chi connectivity index (χ1v) is 6.60. The van der Waals surface area contributed by atoms with Crippen LogP contribution in [0.1, 0.15) is 37.9 Å². The molecular formula is C15H19NO4. The smallest absolute Gasteiger partial charge is 0.308 e. The summed E-state index contributed by atoms with van der Waals surface area (Å²) < 4.78 is 10.4. The fourth-order valence-electron chi connectivity index (χ4n) is 2.65. The summed E-state index contributed by atoms with van der Waals surface area (Å²) in [4.78, 5) is 24.6. The Bertz CT molecular complexity index is 553. The summed E-state index contributed by atoms with van der Waals surface area (Å²) in [6, 6.07) is 3.69. The number of carbonyl (C=O) groups excluding carboxylic acids is 2. The van der Waals surface area contributed by atoms with E-state index in [4.69, 9.17) is 9.47 Å². The SMILES string of the molecule is COc1cc2c(cc1OC(C)=O)CCN(C(C)=O)C2C. The van der Waals surface area contributed by atoms with E-state index >= 15 is 0 Å². The van der Waals surface area contributed by atoms with Crippen molar-refractivity contribution in [3.63, 3.8) is 0 Å². The summed E-state index contributed by atoms with van der Waals surface area (Å²) in [7, 11) is 1.53. The van der Waals surface area contributed by atoms with Gasteiger partial charge in [-0.15, -0.1) is 0 Å². The van der Waals surface area contributed by atoms with E-state index in [9.17, 15) is 9.59 Å². The Labute approximate surface area is 118 Å². The standard InChI is InChI=1S/C15H19NO4/c1-9-13-8-14(19-4)15(20-11(3)18)7-12(13)5-6-16(9)10(2)17/h7-9H,5-6H2,1-4H3. The number of methoxy groups -OCH3 is 1. The highest BCUT2D eigenvalue weighted by Gasteiger charge is 2.27. The van der Waals surface area contributed by atoms with Crippen LogP contribution in [-0.2, 0) is 16.0 Å². The highest BCUT2D eigenvalue weighted by molar-refractivity contribution is 5.75. The van der Waals surface area contributed by atoms with Gasteiger partial charge in [0.1, 0.15) is 0 Å². The van der Waals surface area contributed by atoms with Crippen molar-refractivity contribution in [2.75, 3.05) is 13.7 Å². The first kappa shape index (κ1) is 14.4. The first-order valence-electron chi connectivity index (χ1n) is 6.60. The van der Waals surface area contributed by atoms with Gasteiger partial charge in [0.15, 0.2) is 11.5 Å². The number of nitrogens with zero attached hydrogens (tertiary/aromatic N) is 1. The highest BCUT2D eigenvalue weighted by atomic mass is 16.6. The zero-order valence-electron chi connectivity index (χ0n) is 12.2. The predicted octanol–water partition coefficient (Wildman–Crippen LogP) is 2.09. The normalized spacial score (nSPS) is 17.4. The van der Waals surface area contributed by atoms with Crippen molar-refractivity contribution in [2.45, 2.75) is 33.2 Å². The number of benzene rings is 1. The Balaban J connectivity index is 2.43. The lowest BCUT2D eigenvalue weighted by Gasteiger charge is -2.35. The van der Waals surface area contributed by atoms with E-state index < -0.39 is 0 Å². The maximum Gasteiger partial charge on any atom is 0.308 e. The van der Waals surface area contributed by atoms with Crippen LogP contribution in [0.25, 0.3) is 0 Å². The minimum atomic E-state index is -0.377. The summed E-state index contributed by atoms with van der Waals surface area (Å²) in [5.74, 6) is 0.627. The summed E-state index contributed by atoms with van der Waals surface area (Å²) in [5.41, 5.74) is 2.13. The Morgan fingerprint density at radius 1 is 1.25 bits per heavy atom. The molecule has 0 aromatic heterocycles. The lowest BCUT2D eigenvalue weighted by Crippen LogP contribution is -2.37. The van der Waals surface area contributed by atoms with E-state index in [-0.39, 0.29) is 17.9 Å². The molecule has 0 radical (unpaired) electrons. The molecule has 0 saturated heterocycles. The molecule has 0 N–H and O–H groups in total. The molecule has 0 spiro atoms. The van der Waals surface area contributed by atoms with Gasteiger partial charge in [0.25, 0.3) is 0 Å². The molecular weight excluding hydrogens is 258 g/mol. The molecule has 1 aliphatic rings. The van der Waals surface area contributed by atoms with Crippen LogP contribution in [0.5, 0.6) is 11.5 Å². The molecule has 1 aromatic rings. The van der Waals surface area contributed by atoms with Gasteiger partial charge in [-0.2, -0.15) is 0 Å². The minimum absolute atomic E-state index is 0.00321. The van der Waals surface area contributed by atoms with E-state index in [2.05, 4.69) is 0 Å². The molecule has 0 saturated carbocycles. The van der Waals surface area contributed by atoms with Crippen molar-refractivity contribution in [2.24, 2.45) is 0 Å². The van der Waals surface area contributed by atoms with E-state index in [0.29, 0.717) is 18.0 Å². The molecule has 0 fully saturated rings. The predicted molar refractivity (Wildman–Crippen MR) is 73.8 cm³/mol. The zero-order chi connectivity index (χ0) is 14.9. The second-order valence-corrected chi connectivity index (χ2v) is 4.93. The Hall–Kier alpha value is -2.04. The number of fused-ring (bicyclic) bond motifs is 1. The molecule has 1 heterocycles. The number of esters is 1. The van der Waals surface area contributed by atoms with Crippen molar-refractivity contribution in [3.8, 4) is 11.5 Å². The third-order valence-corrected chi connectivity index (χ3v) is 3.62. The molecule has 0 bridgehead atoms. The third-order valence-electron chi connectivity index (χ3n) is 3.62. The number of carbonyl (C=O) groups is 2. The van der Waals surface area contributed by atoms with Crippen LogP contribution in [0.2, 0.25) is 0 Å². The maximum absolute atomic E-state index is 11.6. The number of hydrogen-bond acceptors (Lipinski definition) is 4. The third kappa shape index (κ3) is 2.61. The Kier molecular flexibility index (Phi) is 3.97. The van der Waals surface area contributed by atoms with Gasteiger partial charge in [-0.3, -0.25) is 9.59 Å². The second-order valence-electron chi connectivity index (χ2n) is 4.93. The quantitative estimate of drug-likeness (QED) is 0.613. The van der Waals surface area contributed by atoms with E-state index in [1.807, 2.05) is 24.0 Å².